The van der Waals surface area contributed by atoms with Crippen molar-refractivity contribution < 1.29 is 4.74 Å². The normalized spacial score (nSPS) is 10.2. The van der Waals surface area contributed by atoms with Crippen LogP contribution in [0.5, 0.6) is 5.75 Å². The van der Waals surface area contributed by atoms with Gasteiger partial charge >= 0.3 is 0 Å². The molecule has 0 fully saturated rings. The second-order valence-corrected chi connectivity index (χ2v) is 5.75. The van der Waals surface area contributed by atoms with E-state index >= 15 is 0 Å². The van der Waals surface area contributed by atoms with E-state index < -0.39 is 0 Å². The maximum Gasteiger partial charge on any atom is 0.127 e. The number of benzene rings is 2. The van der Waals surface area contributed by atoms with Gasteiger partial charge in [0.15, 0.2) is 0 Å². The molecule has 0 saturated heterocycles. The number of aryl methyl sites for hydroxylation is 1. The van der Waals surface area contributed by atoms with Crippen LogP contribution in [0.15, 0.2) is 40.9 Å². The molecule has 0 aliphatic heterocycles. The molecule has 0 heterocycles. The highest BCUT2D eigenvalue weighted by molar-refractivity contribution is 9.10. The fourth-order valence-corrected chi connectivity index (χ4v) is 2.78. The predicted molar refractivity (Wildman–Crippen MR) is 87.1 cm³/mol. The molecule has 2 aromatic rings. The number of nitriles is 1. The lowest BCUT2D eigenvalue weighted by molar-refractivity contribution is 0.300. The number of halogens is 1. The first kappa shape index (κ1) is 15.6. The van der Waals surface area contributed by atoms with E-state index in [2.05, 4.69) is 33.4 Å². The molecule has 0 aromatic heterocycles. The fourth-order valence-electron chi connectivity index (χ4n) is 2.16. The molecular weight excluding hydrogens is 328 g/mol. The molecule has 2 rings (SSSR count). The van der Waals surface area contributed by atoms with Gasteiger partial charge in [-0.2, -0.15) is 5.26 Å². The summed E-state index contributed by atoms with van der Waals surface area (Å²) in [5, 5.41) is 12.0. The molecule has 0 unspecified atom stereocenters. The summed E-state index contributed by atoms with van der Waals surface area (Å²) >= 11 is 3.52. The van der Waals surface area contributed by atoms with Gasteiger partial charge in [0.1, 0.15) is 12.4 Å². The van der Waals surface area contributed by atoms with Crippen LogP contribution in [-0.2, 0) is 13.2 Å². The minimum Gasteiger partial charge on any atom is -0.488 e. The first-order valence-corrected chi connectivity index (χ1v) is 7.49. The minimum atomic E-state index is 0.491. The topological polar surface area (TPSA) is 45.0 Å². The molecule has 0 atom stereocenters. The van der Waals surface area contributed by atoms with Gasteiger partial charge in [-0.25, -0.2) is 0 Å². The first-order chi connectivity index (χ1) is 10.1. The summed E-state index contributed by atoms with van der Waals surface area (Å²) in [4.78, 5) is 0. The highest BCUT2D eigenvalue weighted by Gasteiger charge is 2.09. The van der Waals surface area contributed by atoms with Gasteiger partial charge in [-0.15, -0.1) is 0 Å². The molecule has 1 N–H and O–H groups in total. The lowest BCUT2D eigenvalue weighted by Gasteiger charge is -2.15. The number of hydrogen-bond donors (Lipinski definition) is 1. The third kappa shape index (κ3) is 4.07. The quantitative estimate of drug-likeness (QED) is 0.893. The van der Waals surface area contributed by atoms with Crippen LogP contribution < -0.4 is 10.1 Å². The Morgan fingerprint density at radius 1 is 1.24 bits per heavy atom. The van der Waals surface area contributed by atoms with E-state index in [4.69, 9.17) is 10.00 Å². The number of hydrogen-bond acceptors (Lipinski definition) is 3. The predicted octanol–water partition coefficient (Wildman–Crippen LogP) is 3.93. The molecule has 0 bridgehead atoms. The van der Waals surface area contributed by atoms with Crippen molar-refractivity contribution in [2.75, 3.05) is 7.05 Å². The van der Waals surface area contributed by atoms with Crippen LogP contribution in [0, 0.1) is 18.3 Å². The van der Waals surface area contributed by atoms with Crippen molar-refractivity contribution in [2.45, 2.75) is 20.1 Å². The maximum atomic E-state index is 8.80. The van der Waals surface area contributed by atoms with E-state index in [-0.39, 0.29) is 0 Å². The molecule has 2 aromatic carbocycles. The molecule has 108 valence electrons. The van der Waals surface area contributed by atoms with E-state index in [1.807, 2.05) is 44.3 Å². The van der Waals surface area contributed by atoms with Gasteiger partial charge in [0.2, 0.25) is 0 Å². The number of nitrogens with zero attached hydrogens (tertiary/aromatic N) is 1. The number of rotatable bonds is 5. The molecule has 21 heavy (non-hydrogen) atoms. The zero-order chi connectivity index (χ0) is 15.2. The fraction of sp³-hybridized carbons (Fsp3) is 0.235. The zero-order valence-corrected chi connectivity index (χ0v) is 13.7. The minimum absolute atomic E-state index is 0.491. The standard InChI is InChI=1S/C17H17BrN2O/c1-12-7-16(18)8-15(10-20-2)17(12)21-11-14-5-3-13(9-19)4-6-14/h3-8,20H,10-11H2,1-2H3. The molecule has 0 spiro atoms. The SMILES string of the molecule is CNCc1cc(Br)cc(C)c1OCc1ccc(C#N)cc1. The van der Waals surface area contributed by atoms with Gasteiger partial charge in [-0.3, -0.25) is 0 Å². The Bertz CT molecular complexity index is 660. The zero-order valence-electron chi connectivity index (χ0n) is 12.1. The Hall–Kier alpha value is -1.83. The van der Waals surface area contributed by atoms with E-state index in [1.54, 1.807) is 0 Å². The molecule has 0 aliphatic rings. The van der Waals surface area contributed by atoms with E-state index in [9.17, 15) is 0 Å². The summed E-state index contributed by atoms with van der Waals surface area (Å²) in [6, 6.07) is 13.7. The smallest absolute Gasteiger partial charge is 0.127 e. The van der Waals surface area contributed by atoms with Crippen LogP contribution in [0.2, 0.25) is 0 Å². The molecule has 0 radical (unpaired) electrons. The summed E-state index contributed by atoms with van der Waals surface area (Å²) < 4.78 is 7.04. The van der Waals surface area contributed by atoms with Crippen LogP contribution >= 0.6 is 15.9 Å². The summed E-state index contributed by atoms with van der Waals surface area (Å²) in [6.45, 7) is 3.28. The molecule has 0 saturated carbocycles. The summed E-state index contributed by atoms with van der Waals surface area (Å²) in [5.41, 5.74) is 3.93. The third-order valence-electron chi connectivity index (χ3n) is 3.15. The number of ether oxygens (including phenoxy) is 1. The van der Waals surface area contributed by atoms with Crippen LogP contribution in [0.3, 0.4) is 0 Å². The average molecular weight is 345 g/mol. The van der Waals surface area contributed by atoms with Crippen molar-refractivity contribution in [3.63, 3.8) is 0 Å². The molecule has 0 amide bonds. The van der Waals surface area contributed by atoms with Crippen molar-refractivity contribution >= 4 is 15.9 Å². The van der Waals surface area contributed by atoms with Gasteiger partial charge in [0.25, 0.3) is 0 Å². The Balaban J connectivity index is 2.16. The van der Waals surface area contributed by atoms with Crippen molar-refractivity contribution in [3.8, 4) is 11.8 Å². The maximum absolute atomic E-state index is 8.80. The van der Waals surface area contributed by atoms with Crippen molar-refractivity contribution in [1.29, 1.82) is 5.26 Å². The second-order valence-electron chi connectivity index (χ2n) is 4.84. The Labute approximate surface area is 133 Å². The Morgan fingerprint density at radius 3 is 2.57 bits per heavy atom. The lowest BCUT2D eigenvalue weighted by atomic mass is 10.1. The Kier molecular flexibility index (Phi) is 5.38. The van der Waals surface area contributed by atoms with E-state index in [1.165, 1.54) is 0 Å². The molecule has 3 nitrogen and oxygen atoms in total. The average Bonchev–Trinajstić information content (AvgIpc) is 2.47. The molecule has 0 aliphatic carbocycles. The first-order valence-electron chi connectivity index (χ1n) is 6.69. The van der Waals surface area contributed by atoms with Gasteiger partial charge in [0.05, 0.1) is 11.6 Å². The molecule has 4 heteroatoms. The van der Waals surface area contributed by atoms with Crippen molar-refractivity contribution in [2.24, 2.45) is 0 Å². The third-order valence-corrected chi connectivity index (χ3v) is 3.61. The summed E-state index contributed by atoms with van der Waals surface area (Å²) in [6.07, 6.45) is 0. The van der Waals surface area contributed by atoms with E-state index in [0.717, 1.165) is 33.5 Å². The van der Waals surface area contributed by atoms with Crippen LogP contribution in [0.25, 0.3) is 0 Å². The van der Waals surface area contributed by atoms with Gasteiger partial charge < -0.3 is 10.1 Å². The highest BCUT2D eigenvalue weighted by Crippen LogP contribution is 2.28. The number of nitrogens with one attached hydrogen (secondary N) is 1. The van der Waals surface area contributed by atoms with Crippen molar-refractivity contribution in [1.82, 2.24) is 5.32 Å². The molecular formula is C17H17BrN2O. The second kappa shape index (κ2) is 7.26. The lowest BCUT2D eigenvalue weighted by Crippen LogP contribution is -2.08. The van der Waals surface area contributed by atoms with E-state index in [0.29, 0.717) is 12.2 Å². The van der Waals surface area contributed by atoms with Crippen LogP contribution in [-0.4, -0.2) is 7.05 Å². The summed E-state index contributed by atoms with van der Waals surface area (Å²) in [7, 11) is 1.92. The van der Waals surface area contributed by atoms with Crippen LogP contribution in [0.4, 0.5) is 0 Å². The summed E-state index contributed by atoms with van der Waals surface area (Å²) in [5.74, 6) is 0.914. The largest absolute Gasteiger partial charge is 0.488 e. The van der Waals surface area contributed by atoms with Gasteiger partial charge in [0, 0.05) is 16.6 Å². The Morgan fingerprint density at radius 2 is 1.95 bits per heavy atom. The van der Waals surface area contributed by atoms with Crippen LogP contribution in [0.1, 0.15) is 22.3 Å². The van der Waals surface area contributed by atoms with Gasteiger partial charge in [-0.1, -0.05) is 28.1 Å². The monoisotopic (exact) mass is 344 g/mol. The van der Waals surface area contributed by atoms with Gasteiger partial charge in [-0.05, 0) is 49.4 Å². The van der Waals surface area contributed by atoms with Crippen molar-refractivity contribution in [3.05, 3.63) is 63.1 Å². The highest BCUT2D eigenvalue weighted by atomic mass is 79.9.